The van der Waals surface area contributed by atoms with Crippen LogP contribution in [0.3, 0.4) is 0 Å². The van der Waals surface area contributed by atoms with Gasteiger partial charge in [0.2, 0.25) is 0 Å². The Hall–Kier alpha value is -2.33. The Kier molecular flexibility index (Phi) is 5.53. The lowest BCUT2D eigenvalue weighted by atomic mass is 10.2. The summed E-state index contributed by atoms with van der Waals surface area (Å²) in [4.78, 5) is 10.9. The lowest BCUT2D eigenvalue weighted by Gasteiger charge is -2.15. The van der Waals surface area contributed by atoms with Crippen LogP contribution in [0.4, 0.5) is 10.1 Å². The number of carbonyl (C=O) groups is 1. The van der Waals surface area contributed by atoms with Crippen molar-refractivity contribution in [3.8, 4) is 11.5 Å². The molecular formula is C15H13BrFNO6S. The van der Waals surface area contributed by atoms with Crippen molar-refractivity contribution in [1.82, 2.24) is 0 Å². The second kappa shape index (κ2) is 7.28. The Morgan fingerprint density at radius 2 is 1.80 bits per heavy atom. The molecule has 0 unspecified atom stereocenters. The summed E-state index contributed by atoms with van der Waals surface area (Å²) in [6, 6.07) is 5.75. The van der Waals surface area contributed by atoms with Crippen LogP contribution in [0.15, 0.2) is 39.7 Å². The van der Waals surface area contributed by atoms with Gasteiger partial charge < -0.3 is 14.6 Å². The molecule has 0 amide bonds. The first kappa shape index (κ1) is 19.0. The number of carboxylic acid groups (broad SMARTS) is 1. The summed E-state index contributed by atoms with van der Waals surface area (Å²) in [5, 5.41) is 9.12. The predicted octanol–water partition coefficient (Wildman–Crippen LogP) is 3.10. The van der Waals surface area contributed by atoms with Gasteiger partial charge >= 0.3 is 5.97 Å². The number of methoxy groups -OCH3 is 2. The van der Waals surface area contributed by atoms with Crippen molar-refractivity contribution in [3.05, 3.63) is 46.2 Å². The van der Waals surface area contributed by atoms with Gasteiger partial charge in [-0.15, -0.1) is 0 Å². The van der Waals surface area contributed by atoms with Gasteiger partial charge in [0.05, 0.1) is 25.5 Å². The van der Waals surface area contributed by atoms with Crippen molar-refractivity contribution in [2.75, 3.05) is 18.9 Å². The molecule has 2 rings (SSSR count). The number of hydrogen-bond acceptors (Lipinski definition) is 5. The van der Waals surface area contributed by atoms with Crippen LogP contribution in [-0.4, -0.2) is 33.7 Å². The number of ether oxygens (including phenoxy) is 2. The minimum absolute atomic E-state index is 0.130. The Morgan fingerprint density at radius 3 is 2.36 bits per heavy atom. The van der Waals surface area contributed by atoms with Crippen LogP contribution in [0.25, 0.3) is 0 Å². The molecule has 7 nitrogen and oxygen atoms in total. The van der Waals surface area contributed by atoms with Gasteiger partial charge in [0.25, 0.3) is 10.0 Å². The number of para-hydroxylation sites is 1. The largest absolute Gasteiger partial charge is 0.493 e. The van der Waals surface area contributed by atoms with E-state index >= 15 is 0 Å². The highest BCUT2D eigenvalue weighted by atomic mass is 79.9. The summed E-state index contributed by atoms with van der Waals surface area (Å²) in [5.74, 6) is -2.06. The molecule has 0 aliphatic carbocycles. The van der Waals surface area contributed by atoms with E-state index in [2.05, 4.69) is 15.9 Å². The first-order chi connectivity index (χ1) is 11.7. The van der Waals surface area contributed by atoms with Gasteiger partial charge in [0.15, 0.2) is 11.5 Å². The summed E-state index contributed by atoms with van der Waals surface area (Å²) in [6.45, 7) is 0. The summed E-state index contributed by atoms with van der Waals surface area (Å²) in [7, 11) is -1.60. The minimum Gasteiger partial charge on any atom is -0.493 e. The van der Waals surface area contributed by atoms with Crippen LogP contribution in [0.1, 0.15) is 10.4 Å². The average molecular weight is 434 g/mol. The molecule has 0 atom stereocenters. The normalized spacial score (nSPS) is 11.0. The van der Waals surface area contributed by atoms with Crippen molar-refractivity contribution in [3.63, 3.8) is 0 Å². The number of hydrogen-bond donors (Lipinski definition) is 2. The molecule has 25 heavy (non-hydrogen) atoms. The van der Waals surface area contributed by atoms with E-state index in [9.17, 15) is 17.6 Å². The molecule has 134 valence electrons. The van der Waals surface area contributed by atoms with E-state index in [0.717, 1.165) is 12.1 Å². The maximum Gasteiger partial charge on any atom is 0.337 e. The van der Waals surface area contributed by atoms with E-state index < -0.39 is 33.1 Å². The molecule has 10 heteroatoms. The highest BCUT2D eigenvalue weighted by Gasteiger charge is 2.25. The second-order valence-electron chi connectivity index (χ2n) is 4.71. The standard InChI is InChI=1S/C15H13BrFNO6S/c1-23-11-6-9(16)13(7-12(11)24-2)25(21,22)18-14-8(15(19)20)4-3-5-10(14)17/h3-7,18H,1-2H3,(H,19,20). The molecule has 0 heterocycles. The predicted molar refractivity (Wildman–Crippen MR) is 91.4 cm³/mol. The van der Waals surface area contributed by atoms with Gasteiger partial charge in [-0.1, -0.05) is 6.07 Å². The number of nitrogens with one attached hydrogen (secondary N) is 1. The van der Waals surface area contributed by atoms with Crippen LogP contribution in [0.2, 0.25) is 0 Å². The highest BCUT2D eigenvalue weighted by molar-refractivity contribution is 9.10. The highest BCUT2D eigenvalue weighted by Crippen LogP contribution is 2.36. The van der Waals surface area contributed by atoms with E-state index in [1.54, 1.807) is 0 Å². The Labute approximate surface area is 151 Å². The first-order valence-electron chi connectivity index (χ1n) is 6.67. The molecule has 0 aromatic heterocycles. The minimum atomic E-state index is -4.32. The maximum absolute atomic E-state index is 14.0. The lowest BCUT2D eigenvalue weighted by Crippen LogP contribution is -2.17. The van der Waals surface area contributed by atoms with Crippen LogP contribution in [-0.2, 0) is 10.0 Å². The Morgan fingerprint density at radius 1 is 1.20 bits per heavy atom. The van der Waals surface area contributed by atoms with Crippen molar-refractivity contribution >= 4 is 37.6 Å². The molecule has 0 bridgehead atoms. The maximum atomic E-state index is 14.0. The Bertz CT molecular complexity index is 932. The number of carboxylic acids is 1. The molecule has 2 N–H and O–H groups in total. The van der Waals surface area contributed by atoms with Crippen LogP contribution in [0.5, 0.6) is 11.5 Å². The fourth-order valence-corrected chi connectivity index (χ4v) is 4.16. The van der Waals surface area contributed by atoms with Crippen molar-refractivity contribution in [1.29, 1.82) is 0 Å². The topological polar surface area (TPSA) is 102 Å². The molecule has 0 aliphatic rings. The van der Waals surface area contributed by atoms with Crippen molar-refractivity contribution < 1.29 is 32.2 Å². The molecule has 0 aliphatic heterocycles. The van der Waals surface area contributed by atoms with Gasteiger partial charge in [0.1, 0.15) is 10.7 Å². The summed E-state index contributed by atoms with van der Waals surface area (Å²) >= 11 is 3.10. The van der Waals surface area contributed by atoms with E-state index in [4.69, 9.17) is 14.6 Å². The van der Waals surface area contributed by atoms with Gasteiger partial charge in [-0.3, -0.25) is 4.72 Å². The van der Waals surface area contributed by atoms with Crippen LogP contribution >= 0.6 is 15.9 Å². The second-order valence-corrected chi connectivity index (χ2v) is 7.22. The molecule has 0 spiro atoms. The van der Waals surface area contributed by atoms with Gasteiger partial charge in [-0.2, -0.15) is 0 Å². The van der Waals surface area contributed by atoms with Gasteiger partial charge in [-0.25, -0.2) is 17.6 Å². The molecule has 2 aromatic rings. The van der Waals surface area contributed by atoms with E-state index in [1.807, 2.05) is 4.72 Å². The third kappa shape index (κ3) is 3.85. The number of halogens is 2. The third-order valence-corrected chi connectivity index (χ3v) is 5.52. The molecule has 0 radical (unpaired) electrons. The molecule has 0 fully saturated rings. The summed E-state index contributed by atoms with van der Waals surface area (Å²) < 4.78 is 51.4. The monoisotopic (exact) mass is 433 g/mol. The fourth-order valence-electron chi connectivity index (χ4n) is 2.04. The SMILES string of the molecule is COc1cc(Br)c(S(=O)(=O)Nc2c(F)cccc2C(=O)O)cc1OC. The van der Waals surface area contributed by atoms with E-state index in [1.165, 1.54) is 32.4 Å². The number of sulfonamides is 1. The molecule has 0 saturated heterocycles. The zero-order chi connectivity index (χ0) is 18.8. The fraction of sp³-hybridized carbons (Fsp3) is 0.133. The molecule has 0 saturated carbocycles. The number of benzene rings is 2. The zero-order valence-electron chi connectivity index (χ0n) is 13.0. The average Bonchev–Trinajstić information content (AvgIpc) is 2.55. The summed E-state index contributed by atoms with van der Waals surface area (Å²) in [5.41, 5.74) is -1.17. The van der Waals surface area contributed by atoms with Gasteiger partial charge in [0, 0.05) is 10.5 Å². The quantitative estimate of drug-likeness (QED) is 0.725. The number of aromatic carboxylic acids is 1. The van der Waals surface area contributed by atoms with Crippen LogP contribution in [0, 0.1) is 5.82 Å². The molecular weight excluding hydrogens is 421 g/mol. The van der Waals surface area contributed by atoms with E-state index in [-0.39, 0.29) is 20.9 Å². The number of anilines is 1. The van der Waals surface area contributed by atoms with Crippen LogP contribution < -0.4 is 14.2 Å². The smallest absolute Gasteiger partial charge is 0.337 e. The van der Waals surface area contributed by atoms with Crippen molar-refractivity contribution in [2.24, 2.45) is 0 Å². The first-order valence-corrected chi connectivity index (χ1v) is 8.95. The lowest BCUT2D eigenvalue weighted by molar-refractivity contribution is 0.0697. The summed E-state index contributed by atoms with van der Waals surface area (Å²) in [6.07, 6.45) is 0. The zero-order valence-corrected chi connectivity index (χ0v) is 15.4. The van der Waals surface area contributed by atoms with Gasteiger partial charge in [-0.05, 0) is 34.1 Å². The van der Waals surface area contributed by atoms with E-state index in [0.29, 0.717) is 0 Å². The van der Waals surface area contributed by atoms with Crippen molar-refractivity contribution in [2.45, 2.75) is 4.90 Å². The Balaban J connectivity index is 2.57. The molecule has 2 aromatic carbocycles. The third-order valence-electron chi connectivity index (χ3n) is 3.21. The number of rotatable bonds is 6.